The molecule has 1 N–H and O–H groups in total. The van der Waals surface area contributed by atoms with Crippen molar-refractivity contribution in [1.29, 1.82) is 0 Å². The summed E-state index contributed by atoms with van der Waals surface area (Å²) in [4.78, 5) is 3.71. The summed E-state index contributed by atoms with van der Waals surface area (Å²) < 4.78 is 14.3. The molecule has 0 spiro atoms. The Balaban J connectivity index is 1.75. The van der Waals surface area contributed by atoms with Crippen molar-refractivity contribution in [3.8, 4) is 0 Å². The lowest BCUT2D eigenvalue weighted by Gasteiger charge is -2.17. The molecule has 2 aromatic rings. The van der Waals surface area contributed by atoms with E-state index in [4.69, 9.17) is 0 Å². The Bertz CT molecular complexity index is 534. The fraction of sp³-hybridized carbons (Fsp3) is 0.500. The summed E-state index contributed by atoms with van der Waals surface area (Å²) in [6.45, 7) is 9.70. The minimum atomic E-state index is -0.158. The molecule has 0 amide bonds. The van der Waals surface area contributed by atoms with Gasteiger partial charge in [-0.2, -0.15) is 0 Å². The number of nitrogens with one attached hydrogen (secondary N) is 1. The molecule has 0 saturated carbocycles. The van der Waals surface area contributed by atoms with Gasteiger partial charge < -0.3 is 10.2 Å². The van der Waals surface area contributed by atoms with Crippen LogP contribution in [0.2, 0.25) is 0 Å². The van der Waals surface area contributed by atoms with Crippen LogP contribution in [0, 0.1) is 5.82 Å². The topological polar surface area (TPSA) is 15.3 Å². The van der Waals surface area contributed by atoms with Gasteiger partial charge in [0, 0.05) is 16.1 Å². The van der Waals surface area contributed by atoms with Crippen LogP contribution in [0.1, 0.15) is 25.1 Å². The molecular formula is C16H23FN2S. The van der Waals surface area contributed by atoms with E-state index < -0.39 is 0 Å². The molecule has 0 radical (unpaired) electrons. The molecule has 1 aromatic heterocycles. The van der Waals surface area contributed by atoms with E-state index in [1.165, 1.54) is 17.4 Å². The monoisotopic (exact) mass is 294 g/mol. The molecule has 4 heteroatoms. The highest BCUT2D eigenvalue weighted by atomic mass is 32.1. The highest BCUT2D eigenvalue weighted by Crippen LogP contribution is 2.26. The molecule has 2 nitrogen and oxygen atoms in total. The van der Waals surface area contributed by atoms with Gasteiger partial charge >= 0.3 is 0 Å². The van der Waals surface area contributed by atoms with E-state index in [-0.39, 0.29) is 5.82 Å². The average molecular weight is 294 g/mol. The predicted octanol–water partition coefficient (Wildman–Crippen LogP) is 3.86. The van der Waals surface area contributed by atoms with Crippen LogP contribution in [0.15, 0.2) is 24.3 Å². The standard InChI is InChI=1S/C16H23FN2S/c1-3-19(4-2)9-5-8-18-12-15-11-13-10-14(17)6-7-16(13)20-15/h6-7,10-11,18H,3-5,8-9,12H2,1-2H3. The van der Waals surface area contributed by atoms with Crippen LogP contribution in [-0.2, 0) is 6.54 Å². The minimum Gasteiger partial charge on any atom is -0.312 e. The third kappa shape index (κ3) is 4.27. The zero-order valence-corrected chi connectivity index (χ0v) is 13.1. The van der Waals surface area contributed by atoms with E-state index in [0.717, 1.165) is 42.8 Å². The normalized spacial score (nSPS) is 11.6. The third-order valence-corrected chi connectivity index (χ3v) is 4.67. The molecule has 0 saturated heterocycles. The van der Waals surface area contributed by atoms with Crippen molar-refractivity contribution >= 4 is 21.4 Å². The summed E-state index contributed by atoms with van der Waals surface area (Å²) in [6.07, 6.45) is 1.17. The maximum absolute atomic E-state index is 13.1. The summed E-state index contributed by atoms with van der Waals surface area (Å²) in [5.74, 6) is -0.158. The van der Waals surface area contributed by atoms with Crippen LogP contribution >= 0.6 is 11.3 Å². The second kappa shape index (κ2) is 7.72. The van der Waals surface area contributed by atoms with Gasteiger partial charge in [-0.3, -0.25) is 0 Å². The first-order chi connectivity index (χ1) is 9.72. The van der Waals surface area contributed by atoms with Crippen molar-refractivity contribution in [2.45, 2.75) is 26.8 Å². The van der Waals surface area contributed by atoms with Crippen molar-refractivity contribution in [3.63, 3.8) is 0 Å². The SMILES string of the molecule is CCN(CC)CCCNCc1cc2cc(F)ccc2s1. The van der Waals surface area contributed by atoms with Gasteiger partial charge in [0.2, 0.25) is 0 Å². The first-order valence-corrected chi connectivity index (χ1v) is 8.15. The largest absolute Gasteiger partial charge is 0.312 e. The summed E-state index contributed by atoms with van der Waals surface area (Å²) in [5.41, 5.74) is 0. The highest BCUT2D eigenvalue weighted by Gasteiger charge is 2.03. The quantitative estimate of drug-likeness (QED) is 0.744. The maximum atomic E-state index is 13.1. The number of nitrogens with zero attached hydrogens (tertiary/aromatic N) is 1. The Kier molecular flexibility index (Phi) is 5.95. The summed E-state index contributed by atoms with van der Waals surface area (Å²) in [5, 5.41) is 4.48. The Morgan fingerprint density at radius 2 is 2.00 bits per heavy atom. The number of halogens is 1. The Hall–Kier alpha value is -0.970. The number of fused-ring (bicyclic) bond motifs is 1. The van der Waals surface area contributed by atoms with Crippen molar-refractivity contribution in [3.05, 3.63) is 35.0 Å². The molecule has 0 aliphatic heterocycles. The molecule has 0 unspecified atom stereocenters. The van der Waals surface area contributed by atoms with Crippen molar-refractivity contribution in [1.82, 2.24) is 10.2 Å². The van der Waals surface area contributed by atoms with Crippen LogP contribution in [0.25, 0.3) is 10.1 Å². The second-order valence-corrected chi connectivity index (χ2v) is 6.12. The third-order valence-electron chi connectivity index (χ3n) is 3.55. The molecule has 1 heterocycles. The summed E-state index contributed by atoms with van der Waals surface area (Å²) in [6, 6.07) is 7.08. The van der Waals surface area contributed by atoms with Gasteiger partial charge in [0.1, 0.15) is 5.82 Å². The molecule has 0 bridgehead atoms. The lowest BCUT2D eigenvalue weighted by molar-refractivity contribution is 0.298. The van der Waals surface area contributed by atoms with E-state index in [2.05, 4.69) is 30.1 Å². The number of benzene rings is 1. The predicted molar refractivity (Wildman–Crippen MR) is 85.9 cm³/mol. The van der Waals surface area contributed by atoms with Gasteiger partial charge in [-0.25, -0.2) is 4.39 Å². The lowest BCUT2D eigenvalue weighted by Crippen LogP contribution is -2.27. The lowest BCUT2D eigenvalue weighted by atomic mass is 10.2. The van der Waals surface area contributed by atoms with Gasteiger partial charge in [0.15, 0.2) is 0 Å². The van der Waals surface area contributed by atoms with Crippen LogP contribution in [0.4, 0.5) is 4.39 Å². The Morgan fingerprint density at radius 1 is 1.20 bits per heavy atom. The zero-order chi connectivity index (χ0) is 14.4. The van der Waals surface area contributed by atoms with E-state index in [1.807, 2.05) is 6.07 Å². The molecule has 110 valence electrons. The van der Waals surface area contributed by atoms with E-state index in [1.54, 1.807) is 17.4 Å². The molecule has 1 aromatic carbocycles. The average Bonchev–Trinajstić information content (AvgIpc) is 2.84. The zero-order valence-electron chi connectivity index (χ0n) is 12.3. The summed E-state index contributed by atoms with van der Waals surface area (Å²) >= 11 is 1.74. The van der Waals surface area contributed by atoms with Gasteiger partial charge in [0.05, 0.1) is 0 Å². The number of thiophene rings is 1. The van der Waals surface area contributed by atoms with Crippen LogP contribution in [0.5, 0.6) is 0 Å². The molecule has 0 aliphatic carbocycles. The smallest absolute Gasteiger partial charge is 0.123 e. The number of rotatable bonds is 8. The van der Waals surface area contributed by atoms with Gasteiger partial charge in [-0.05, 0) is 62.3 Å². The van der Waals surface area contributed by atoms with Crippen LogP contribution < -0.4 is 5.32 Å². The van der Waals surface area contributed by atoms with Crippen LogP contribution in [-0.4, -0.2) is 31.1 Å². The summed E-state index contributed by atoms with van der Waals surface area (Å²) in [7, 11) is 0. The highest BCUT2D eigenvalue weighted by molar-refractivity contribution is 7.19. The van der Waals surface area contributed by atoms with Crippen LogP contribution in [0.3, 0.4) is 0 Å². The second-order valence-electron chi connectivity index (χ2n) is 4.95. The van der Waals surface area contributed by atoms with Gasteiger partial charge in [0.25, 0.3) is 0 Å². The van der Waals surface area contributed by atoms with E-state index in [0.29, 0.717) is 0 Å². The number of hydrogen-bond donors (Lipinski definition) is 1. The molecule has 20 heavy (non-hydrogen) atoms. The number of hydrogen-bond acceptors (Lipinski definition) is 3. The van der Waals surface area contributed by atoms with Crippen molar-refractivity contribution in [2.24, 2.45) is 0 Å². The maximum Gasteiger partial charge on any atom is 0.123 e. The Morgan fingerprint density at radius 3 is 2.75 bits per heavy atom. The fourth-order valence-corrected chi connectivity index (χ4v) is 3.35. The molecule has 0 atom stereocenters. The first-order valence-electron chi connectivity index (χ1n) is 7.34. The molecular weight excluding hydrogens is 271 g/mol. The molecule has 2 rings (SSSR count). The van der Waals surface area contributed by atoms with Gasteiger partial charge in [-0.1, -0.05) is 13.8 Å². The Labute approximate surface area is 124 Å². The van der Waals surface area contributed by atoms with Crippen molar-refractivity contribution < 1.29 is 4.39 Å². The first kappa shape index (κ1) is 15.4. The molecule has 0 aliphatic rings. The van der Waals surface area contributed by atoms with Gasteiger partial charge in [-0.15, -0.1) is 11.3 Å². The van der Waals surface area contributed by atoms with E-state index >= 15 is 0 Å². The fourth-order valence-electron chi connectivity index (χ4n) is 2.34. The van der Waals surface area contributed by atoms with Crippen molar-refractivity contribution in [2.75, 3.05) is 26.2 Å². The molecule has 0 fully saturated rings. The minimum absolute atomic E-state index is 0.158. The van der Waals surface area contributed by atoms with E-state index in [9.17, 15) is 4.39 Å².